The number of nitrogens with two attached hydrogens (primary N) is 1. The lowest BCUT2D eigenvalue weighted by Gasteiger charge is -2.08. The van der Waals surface area contributed by atoms with Gasteiger partial charge in [-0.3, -0.25) is 0 Å². The maximum absolute atomic E-state index is 12.2. The molecule has 0 unspecified atom stereocenters. The van der Waals surface area contributed by atoms with Crippen molar-refractivity contribution in [2.45, 2.75) is 31.1 Å². The number of aromatic nitrogens is 1. The second-order valence-corrected chi connectivity index (χ2v) is 6.57. The second-order valence-electron chi connectivity index (χ2n) is 4.80. The van der Waals surface area contributed by atoms with Crippen molar-refractivity contribution in [2.75, 3.05) is 12.0 Å². The van der Waals surface area contributed by atoms with Gasteiger partial charge in [-0.1, -0.05) is 19.8 Å². The smallest absolute Gasteiger partial charge is 0.240 e. The third-order valence-corrected chi connectivity index (χ3v) is 4.65. The molecule has 0 aliphatic carbocycles. The topological polar surface area (TPSA) is 97.1 Å². The van der Waals surface area contributed by atoms with Gasteiger partial charge in [-0.15, -0.1) is 0 Å². The van der Waals surface area contributed by atoms with E-state index in [9.17, 15) is 8.42 Å². The summed E-state index contributed by atoms with van der Waals surface area (Å²) >= 11 is 0. The highest BCUT2D eigenvalue weighted by Gasteiger charge is 2.13. The molecule has 0 aliphatic rings. The maximum Gasteiger partial charge on any atom is 0.240 e. The van der Waals surface area contributed by atoms with Gasteiger partial charge < -0.3 is 5.43 Å². The van der Waals surface area contributed by atoms with Crippen LogP contribution in [0, 0.1) is 0 Å². The first-order chi connectivity index (χ1) is 10.1. The van der Waals surface area contributed by atoms with Gasteiger partial charge in [0.25, 0.3) is 0 Å². The van der Waals surface area contributed by atoms with Crippen LogP contribution in [0.2, 0.25) is 0 Å². The minimum absolute atomic E-state index is 0.252. The monoisotopic (exact) mass is 308 g/mol. The predicted octanol–water partition coefficient (Wildman–Crippen LogP) is 1.99. The van der Waals surface area contributed by atoms with Gasteiger partial charge in [0.15, 0.2) is 0 Å². The number of hydrogen-bond acceptors (Lipinski definition) is 5. The number of hydrogen-bond donors (Lipinski definition) is 3. The number of rotatable bonds is 7. The van der Waals surface area contributed by atoms with Gasteiger partial charge in [0, 0.05) is 11.9 Å². The van der Waals surface area contributed by atoms with Gasteiger partial charge >= 0.3 is 0 Å². The van der Waals surface area contributed by atoms with E-state index < -0.39 is 10.0 Å². The van der Waals surface area contributed by atoms with E-state index in [4.69, 9.17) is 5.84 Å². The molecule has 1 aromatic heterocycles. The summed E-state index contributed by atoms with van der Waals surface area (Å²) in [6.07, 6.45) is 2.91. The Morgan fingerprint density at radius 2 is 2.00 bits per heavy atom. The van der Waals surface area contributed by atoms with Gasteiger partial charge in [-0.05, 0) is 36.8 Å². The van der Waals surface area contributed by atoms with Crippen molar-refractivity contribution in [3.8, 4) is 0 Å². The fourth-order valence-electron chi connectivity index (χ4n) is 2.02. The molecule has 0 saturated carbocycles. The highest BCUT2D eigenvalue weighted by Crippen LogP contribution is 2.19. The quantitative estimate of drug-likeness (QED) is 0.413. The first kappa shape index (κ1) is 15.7. The molecular formula is C14H20N4O2S. The molecule has 0 spiro atoms. The first-order valence-corrected chi connectivity index (χ1v) is 8.42. The Morgan fingerprint density at radius 3 is 2.71 bits per heavy atom. The third kappa shape index (κ3) is 3.90. The molecule has 0 saturated heterocycles. The van der Waals surface area contributed by atoms with Gasteiger partial charge in [0.2, 0.25) is 10.0 Å². The van der Waals surface area contributed by atoms with E-state index in [0.29, 0.717) is 17.9 Å². The SMILES string of the molecule is CCCCCNS(=O)(=O)c1ccc2nc(NN)ccc2c1. The van der Waals surface area contributed by atoms with Crippen LogP contribution in [-0.2, 0) is 10.0 Å². The Balaban J connectivity index is 2.21. The second kappa shape index (κ2) is 6.84. The lowest BCUT2D eigenvalue weighted by atomic mass is 10.2. The van der Waals surface area contributed by atoms with Crippen molar-refractivity contribution in [1.29, 1.82) is 0 Å². The highest BCUT2D eigenvalue weighted by molar-refractivity contribution is 7.89. The van der Waals surface area contributed by atoms with Crippen molar-refractivity contribution < 1.29 is 8.42 Å². The largest absolute Gasteiger partial charge is 0.308 e. The molecule has 21 heavy (non-hydrogen) atoms. The summed E-state index contributed by atoms with van der Waals surface area (Å²) in [5.74, 6) is 5.84. The van der Waals surface area contributed by atoms with Crippen LogP contribution in [0.3, 0.4) is 0 Å². The Hall–Kier alpha value is -1.70. The third-order valence-electron chi connectivity index (χ3n) is 3.19. The van der Waals surface area contributed by atoms with E-state index in [0.717, 1.165) is 24.6 Å². The molecule has 114 valence electrons. The van der Waals surface area contributed by atoms with E-state index in [1.165, 1.54) is 0 Å². The highest BCUT2D eigenvalue weighted by atomic mass is 32.2. The molecule has 2 aromatic rings. The minimum atomic E-state index is -3.47. The van der Waals surface area contributed by atoms with Crippen LogP contribution in [0.1, 0.15) is 26.2 Å². The van der Waals surface area contributed by atoms with Gasteiger partial charge in [-0.2, -0.15) is 0 Å². The van der Waals surface area contributed by atoms with E-state index >= 15 is 0 Å². The molecule has 0 bridgehead atoms. The van der Waals surface area contributed by atoms with E-state index in [1.54, 1.807) is 30.3 Å². The number of nitrogen functional groups attached to an aromatic ring is 1. The van der Waals surface area contributed by atoms with Crippen molar-refractivity contribution in [3.05, 3.63) is 30.3 Å². The Kier molecular flexibility index (Phi) is 5.11. The van der Waals surface area contributed by atoms with Crippen molar-refractivity contribution >= 4 is 26.7 Å². The summed E-state index contributed by atoms with van der Waals surface area (Å²) in [6.45, 7) is 2.54. The van der Waals surface area contributed by atoms with Crippen molar-refractivity contribution in [3.63, 3.8) is 0 Å². The molecule has 1 heterocycles. The van der Waals surface area contributed by atoms with Crippen LogP contribution >= 0.6 is 0 Å². The van der Waals surface area contributed by atoms with Crippen LogP contribution in [0.15, 0.2) is 35.2 Å². The summed E-state index contributed by atoms with van der Waals surface area (Å²) in [6, 6.07) is 8.33. The van der Waals surface area contributed by atoms with Crippen LogP contribution in [0.25, 0.3) is 10.9 Å². The Morgan fingerprint density at radius 1 is 1.19 bits per heavy atom. The zero-order valence-corrected chi connectivity index (χ0v) is 12.8. The number of hydrazine groups is 1. The fourth-order valence-corrected chi connectivity index (χ4v) is 3.13. The van der Waals surface area contributed by atoms with E-state index in [1.807, 2.05) is 0 Å². The Labute approximate surface area is 124 Å². The van der Waals surface area contributed by atoms with E-state index in [-0.39, 0.29) is 4.90 Å². The summed E-state index contributed by atoms with van der Waals surface area (Å²) in [4.78, 5) is 4.50. The van der Waals surface area contributed by atoms with Crippen molar-refractivity contribution in [2.24, 2.45) is 5.84 Å². The number of anilines is 1. The van der Waals surface area contributed by atoms with Gasteiger partial charge in [-0.25, -0.2) is 24.0 Å². The maximum atomic E-state index is 12.2. The average Bonchev–Trinajstić information content (AvgIpc) is 2.50. The molecule has 0 atom stereocenters. The number of sulfonamides is 1. The number of nitrogens with one attached hydrogen (secondary N) is 2. The molecule has 2 rings (SSSR count). The van der Waals surface area contributed by atoms with Gasteiger partial charge in [0.1, 0.15) is 5.82 Å². The molecule has 0 fully saturated rings. The first-order valence-electron chi connectivity index (χ1n) is 6.94. The number of pyridine rings is 1. The molecular weight excluding hydrogens is 288 g/mol. The Bertz CT molecular complexity index is 716. The van der Waals surface area contributed by atoms with Crippen LogP contribution in [-0.4, -0.2) is 19.9 Å². The van der Waals surface area contributed by atoms with Gasteiger partial charge in [0.05, 0.1) is 10.4 Å². The summed E-state index contributed by atoms with van der Waals surface area (Å²) in [7, 11) is -3.47. The number of benzene rings is 1. The molecule has 4 N–H and O–H groups in total. The number of fused-ring (bicyclic) bond motifs is 1. The van der Waals surface area contributed by atoms with Crippen molar-refractivity contribution in [1.82, 2.24) is 9.71 Å². The number of unbranched alkanes of at least 4 members (excludes halogenated alkanes) is 2. The molecule has 0 aliphatic heterocycles. The lowest BCUT2D eigenvalue weighted by Crippen LogP contribution is -2.24. The minimum Gasteiger partial charge on any atom is -0.308 e. The molecule has 0 radical (unpaired) electrons. The summed E-state index contributed by atoms with van der Waals surface area (Å²) in [5, 5.41) is 0.755. The molecule has 6 nitrogen and oxygen atoms in total. The van der Waals surface area contributed by atoms with Crippen LogP contribution in [0.5, 0.6) is 0 Å². The standard InChI is InChI=1S/C14H20N4O2S/c1-2-3-4-9-16-21(19,20)12-6-7-13-11(10-12)5-8-14(17-13)18-15/h5-8,10,16H,2-4,9,15H2,1H3,(H,17,18). The van der Waals surface area contributed by atoms with Crippen LogP contribution < -0.4 is 16.0 Å². The summed E-state index contributed by atoms with van der Waals surface area (Å²) < 4.78 is 27.0. The predicted molar refractivity (Wildman–Crippen MR) is 84.3 cm³/mol. The van der Waals surface area contributed by atoms with E-state index in [2.05, 4.69) is 22.1 Å². The molecule has 0 amide bonds. The molecule has 1 aromatic carbocycles. The fraction of sp³-hybridized carbons (Fsp3) is 0.357. The zero-order chi connectivity index (χ0) is 15.3. The lowest BCUT2D eigenvalue weighted by molar-refractivity contribution is 0.576. The average molecular weight is 308 g/mol. The summed E-state index contributed by atoms with van der Waals surface area (Å²) in [5.41, 5.74) is 3.15. The number of nitrogens with zero attached hydrogens (tertiary/aromatic N) is 1. The van der Waals surface area contributed by atoms with Crippen LogP contribution in [0.4, 0.5) is 5.82 Å². The molecule has 7 heteroatoms. The normalized spacial score (nSPS) is 11.7. The zero-order valence-electron chi connectivity index (χ0n) is 12.0.